The molecule has 0 fully saturated rings. The number of nitrogens with zero attached hydrogens (tertiary/aromatic N) is 1. The Labute approximate surface area is 200 Å². The quantitative estimate of drug-likeness (QED) is 0.340. The smallest absolute Gasteiger partial charge is 0.432 e. The SMILES string of the molecule is COC(=O)N=P(c1ccccc1)(c1ccccc1)[C@@H](Cc1ccccc1)[C@H](O)c1ccccc1. The average Bonchev–Trinajstić information content (AvgIpc) is 2.92. The van der Waals surface area contributed by atoms with Gasteiger partial charge in [-0.2, -0.15) is 4.74 Å². The molecule has 1 N–H and O–H groups in total. The van der Waals surface area contributed by atoms with Crippen molar-refractivity contribution in [2.24, 2.45) is 4.74 Å². The molecule has 4 rings (SSSR count). The van der Waals surface area contributed by atoms with Gasteiger partial charge in [0.25, 0.3) is 0 Å². The van der Waals surface area contributed by atoms with Crippen LogP contribution in [0.15, 0.2) is 126 Å². The Bertz CT molecular complexity index is 1200. The van der Waals surface area contributed by atoms with Crippen molar-refractivity contribution in [2.75, 3.05) is 7.11 Å². The molecular weight excluding hydrogens is 441 g/mol. The van der Waals surface area contributed by atoms with Gasteiger partial charge >= 0.3 is 6.09 Å². The molecule has 172 valence electrons. The molecular formula is C29H28NO3P. The monoisotopic (exact) mass is 469 g/mol. The van der Waals surface area contributed by atoms with Crippen LogP contribution in [0.4, 0.5) is 4.79 Å². The van der Waals surface area contributed by atoms with Crippen LogP contribution in [0.2, 0.25) is 0 Å². The summed E-state index contributed by atoms with van der Waals surface area (Å²) in [5, 5.41) is 13.7. The molecule has 0 heterocycles. The number of hydrogen-bond acceptors (Lipinski definition) is 3. The Hall–Kier alpha value is -3.46. The van der Waals surface area contributed by atoms with Gasteiger partial charge in [0.1, 0.15) is 0 Å². The summed E-state index contributed by atoms with van der Waals surface area (Å²) in [6, 6.07) is 39.4. The molecule has 0 bridgehead atoms. The van der Waals surface area contributed by atoms with Gasteiger partial charge in [0.2, 0.25) is 0 Å². The average molecular weight is 470 g/mol. The van der Waals surface area contributed by atoms with E-state index < -0.39 is 24.9 Å². The van der Waals surface area contributed by atoms with E-state index >= 15 is 0 Å². The van der Waals surface area contributed by atoms with Crippen molar-refractivity contribution in [2.45, 2.75) is 18.2 Å². The molecule has 0 aliphatic heterocycles. The molecule has 4 aromatic rings. The molecule has 2 atom stereocenters. The second kappa shape index (κ2) is 11.1. The van der Waals surface area contributed by atoms with Crippen LogP contribution in [0.3, 0.4) is 0 Å². The Kier molecular flexibility index (Phi) is 7.74. The second-order valence-corrected chi connectivity index (χ2v) is 11.3. The zero-order chi connectivity index (χ0) is 23.8. The molecule has 1 amide bonds. The third kappa shape index (κ3) is 5.04. The molecule has 0 saturated heterocycles. The first-order valence-electron chi connectivity index (χ1n) is 11.2. The minimum absolute atomic E-state index is 0.402. The van der Waals surface area contributed by atoms with Crippen molar-refractivity contribution in [3.63, 3.8) is 0 Å². The van der Waals surface area contributed by atoms with E-state index in [2.05, 4.69) is 0 Å². The molecule has 0 radical (unpaired) electrons. The third-order valence-electron chi connectivity index (χ3n) is 5.99. The van der Waals surface area contributed by atoms with Gasteiger partial charge in [-0.3, -0.25) is 0 Å². The summed E-state index contributed by atoms with van der Waals surface area (Å²) in [6.07, 6.45) is -0.961. The van der Waals surface area contributed by atoms with Gasteiger partial charge in [-0.1, -0.05) is 121 Å². The first kappa shape index (κ1) is 23.7. The van der Waals surface area contributed by atoms with Crippen LogP contribution < -0.4 is 10.6 Å². The molecule has 5 heteroatoms. The van der Waals surface area contributed by atoms with Gasteiger partial charge in [0.15, 0.2) is 0 Å². The van der Waals surface area contributed by atoms with Crippen molar-refractivity contribution in [1.82, 2.24) is 0 Å². The van der Waals surface area contributed by atoms with E-state index in [-0.39, 0.29) is 0 Å². The second-order valence-electron chi connectivity index (χ2n) is 8.04. The van der Waals surface area contributed by atoms with Crippen molar-refractivity contribution < 1.29 is 14.6 Å². The van der Waals surface area contributed by atoms with E-state index in [1.165, 1.54) is 7.11 Å². The summed E-state index contributed by atoms with van der Waals surface area (Å²) in [6.45, 7) is 0. The zero-order valence-electron chi connectivity index (χ0n) is 19.1. The Morgan fingerprint density at radius 1 is 0.765 bits per heavy atom. The topological polar surface area (TPSA) is 58.9 Å². The Morgan fingerprint density at radius 2 is 1.21 bits per heavy atom. The van der Waals surface area contributed by atoms with Crippen molar-refractivity contribution in [3.05, 3.63) is 132 Å². The fourth-order valence-electron chi connectivity index (χ4n) is 4.38. The van der Waals surface area contributed by atoms with Crippen LogP contribution in [0, 0.1) is 0 Å². The first-order chi connectivity index (χ1) is 16.6. The molecule has 34 heavy (non-hydrogen) atoms. The third-order valence-corrected chi connectivity index (χ3v) is 10.1. The number of rotatable bonds is 7. The van der Waals surface area contributed by atoms with Crippen LogP contribution in [-0.4, -0.2) is 24.0 Å². The van der Waals surface area contributed by atoms with Gasteiger partial charge in [-0.15, -0.1) is 0 Å². The molecule has 0 saturated carbocycles. The van der Waals surface area contributed by atoms with E-state index in [9.17, 15) is 9.90 Å². The molecule has 4 nitrogen and oxygen atoms in total. The first-order valence-corrected chi connectivity index (χ1v) is 13.0. The number of ether oxygens (including phenoxy) is 1. The Balaban J connectivity index is 2.05. The molecule has 0 unspecified atom stereocenters. The highest BCUT2D eigenvalue weighted by Gasteiger charge is 2.40. The number of aliphatic hydroxyl groups is 1. The number of benzene rings is 4. The number of amides is 1. The van der Waals surface area contributed by atoms with Gasteiger partial charge in [0.05, 0.1) is 13.2 Å². The fraction of sp³-hybridized carbons (Fsp3) is 0.138. The highest BCUT2D eigenvalue weighted by Crippen LogP contribution is 2.57. The lowest BCUT2D eigenvalue weighted by Crippen LogP contribution is -2.33. The number of hydrogen-bond donors (Lipinski definition) is 1. The van der Waals surface area contributed by atoms with Crippen molar-refractivity contribution in [1.29, 1.82) is 0 Å². The van der Waals surface area contributed by atoms with Gasteiger partial charge in [-0.25, -0.2) is 4.79 Å². The Morgan fingerprint density at radius 3 is 1.68 bits per heavy atom. The summed E-state index contributed by atoms with van der Waals surface area (Å²) >= 11 is 0. The standard InChI is InChI=1S/C29H28NO3P/c1-33-29(32)30-34(25-18-10-4-11-19-25,26-20-12-5-13-21-26)27(22-23-14-6-2-7-15-23)28(31)24-16-8-3-9-17-24/h2-21,27-28,31H,22H2,1H3/t27-,28+/m0/s1. The summed E-state index contributed by atoms with van der Waals surface area (Å²) in [5.74, 6) is 0. The maximum atomic E-state index is 12.8. The molecule has 0 aromatic heterocycles. The predicted octanol–water partition coefficient (Wildman–Crippen LogP) is 5.95. The minimum Gasteiger partial charge on any atom is -0.451 e. The summed E-state index contributed by atoms with van der Waals surface area (Å²) in [5.41, 5.74) is 1.46. The number of carbonyl (C=O) groups excluding carboxylic acids is 1. The van der Waals surface area contributed by atoms with Crippen LogP contribution in [0.5, 0.6) is 0 Å². The molecule has 0 spiro atoms. The lowest BCUT2D eigenvalue weighted by Gasteiger charge is -2.37. The summed E-state index contributed by atoms with van der Waals surface area (Å²) in [7, 11) is -1.53. The number of methoxy groups -OCH3 is 1. The normalized spacial score (nSPS) is 13.0. The summed E-state index contributed by atoms with van der Waals surface area (Å²) in [4.78, 5) is 12.8. The van der Waals surface area contributed by atoms with Crippen molar-refractivity contribution >= 4 is 23.8 Å². The molecule has 0 aliphatic rings. The van der Waals surface area contributed by atoms with Gasteiger partial charge < -0.3 is 9.84 Å². The van der Waals surface area contributed by atoms with E-state index in [4.69, 9.17) is 9.48 Å². The van der Waals surface area contributed by atoms with Crippen LogP contribution >= 0.6 is 7.05 Å². The number of aliphatic hydroxyl groups excluding tert-OH is 1. The molecule has 0 aliphatic carbocycles. The minimum atomic E-state index is -2.87. The zero-order valence-corrected chi connectivity index (χ0v) is 20.0. The van der Waals surface area contributed by atoms with E-state index in [0.29, 0.717) is 6.42 Å². The van der Waals surface area contributed by atoms with Gasteiger partial charge in [0, 0.05) is 12.7 Å². The lowest BCUT2D eigenvalue weighted by atomic mass is 10.0. The molecule has 4 aromatic carbocycles. The van der Waals surface area contributed by atoms with Crippen LogP contribution in [0.1, 0.15) is 17.2 Å². The summed E-state index contributed by atoms with van der Waals surface area (Å²) < 4.78 is 9.88. The highest BCUT2D eigenvalue weighted by atomic mass is 31.2. The van der Waals surface area contributed by atoms with E-state index in [0.717, 1.165) is 21.7 Å². The maximum absolute atomic E-state index is 12.8. The number of carbonyl (C=O) groups is 1. The van der Waals surface area contributed by atoms with Crippen LogP contribution in [-0.2, 0) is 11.2 Å². The largest absolute Gasteiger partial charge is 0.451 e. The maximum Gasteiger partial charge on any atom is 0.432 e. The van der Waals surface area contributed by atoms with E-state index in [1.807, 2.05) is 121 Å². The fourth-order valence-corrected chi connectivity index (χ4v) is 8.47. The van der Waals surface area contributed by atoms with Crippen LogP contribution in [0.25, 0.3) is 0 Å². The lowest BCUT2D eigenvalue weighted by molar-refractivity contribution is 0.171. The van der Waals surface area contributed by atoms with Gasteiger partial charge in [-0.05, 0) is 28.2 Å². The van der Waals surface area contributed by atoms with Crippen molar-refractivity contribution in [3.8, 4) is 0 Å². The highest BCUT2D eigenvalue weighted by molar-refractivity contribution is 7.81. The van der Waals surface area contributed by atoms with E-state index in [1.54, 1.807) is 0 Å². The predicted molar refractivity (Wildman–Crippen MR) is 139 cm³/mol.